The first-order valence-electron chi connectivity index (χ1n) is 3.76. The monoisotopic (exact) mass is 153 g/mol. The van der Waals surface area contributed by atoms with E-state index in [2.05, 4.69) is 11.9 Å². The molecule has 0 radical (unpaired) electrons. The molecule has 0 bridgehead atoms. The molecule has 62 valence electrons. The van der Waals surface area contributed by atoms with Gasteiger partial charge in [0.15, 0.2) is 5.78 Å². The highest BCUT2D eigenvalue weighted by atomic mass is 16.1. The largest absolute Gasteiger partial charge is 0.293 e. The van der Waals surface area contributed by atoms with Gasteiger partial charge in [-0.05, 0) is 19.4 Å². The summed E-state index contributed by atoms with van der Waals surface area (Å²) in [6.07, 6.45) is 2.80. The lowest BCUT2D eigenvalue weighted by atomic mass is 10.1. The second kappa shape index (κ2) is 4.83. The summed E-state index contributed by atoms with van der Waals surface area (Å²) in [5.74, 6) is 0.0281. The lowest BCUT2D eigenvalue weighted by Gasteiger charge is -1.96. The van der Waals surface area contributed by atoms with Gasteiger partial charge in [0, 0.05) is 14.0 Å². The van der Waals surface area contributed by atoms with Gasteiger partial charge in [-0.2, -0.15) is 0 Å². The smallest absolute Gasteiger partial charge is 0.177 e. The van der Waals surface area contributed by atoms with Crippen LogP contribution < -0.4 is 0 Å². The Morgan fingerprint density at radius 3 is 2.27 bits per heavy atom. The fourth-order valence-corrected chi connectivity index (χ4v) is 0.659. The summed E-state index contributed by atoms with van der Waals surface area (Å²) in [5, 5.41) is 0. The number of hydrogen-bond acceptors (Lipinski definition) is 2. The molecule has 0 atom stereocenters. The third kappa shape index (κ3) is 3.71. The van der Waals surface area contributed by atoms with Crippen molar-refractivity contribution >= 4 is 11.5 Å². The summed E-state index contributed by atoms with van der Waals surface area (Å²) >= 11 is 0. The van der Waals surface area contributed by atoms with E-state index in [4.69, 9.17) is 0 Å². The second-order valence-corrected chi connectivity index (χ2v) is 2.51. The summed E-state index contributed by atoms with van der Waals surface area (Å²) in [4.78, 5) is 14.7. The van der Waals surface area contributed by atoms with Crippen molar-refractivity contribution in [1.29, 1.82) is 0 Å². The molecule has 0 amide bonds. The topological polar surface area (TPSA) is 29.4 Å². The van der Waals surface area contributed by atoms with Gasteiger partial charge in [0.05, 0.1) is 5.71 Å². The molecule has 0 aromatic rings. The van der Waals surface area contributed by atoms with Gasteiger partial charge in [0.25, 0.3) is 0 Å². The minimum absolute atomic E-state index is 0.0281. The molecular formula is C9H15NO. The Balaban J connectivity index is 4.45. The summed E-state index contributed by atoms with van der Waals surface area (Å²) in [5.41, 5.74) is 1.74. The molecule has 11 heavy (non-hydrogen) atoms. The summed E-state index contributed by atoms with van der Waals surface area (Å²) in [6, 6.07) is 0. The maximum absolute atomic E-state index is 10.9. The molecule has 0 aliphatic heterocycles. The predicted molar refractivity (Wildman–Crippen MR) is 48.1 cm³/mol. The van der Waals surface area contributed by atoms with Crippen molar-refractivity contribution in [2.75, 3.05) is 7.05 Å². The molecule has 0 saturated carbocycles. The Labute approximate surface area is 68.0 Å². The van der Waals surface area contributed by atoms with Crippen LogP contribution in [0.3, 0.4) is 0 Å². The number of ketones is 1. The molecule has 0 aromatic carbocycles. The summed E-state index contributed by atoms with van der Waals surface area (Å²) < 4.78 is 0. The fourth-order valence-electron chi connectivity index (χ4n) is 0.659. The normalized spacial score (nSPS) is 13.5. The number of nitrogens with zero attached hydrogens (tertiary/aromatic N) is 1. The van der Waals surface area contributed by atoms with Crippen LogP contribution in [-0.4, -0.2) is 18.5 Å². The van der Waals surface area contributed by atoms with Gasteiger partial charge in [-0.1, -0.05) is 12.5 Å². The van der Waals surface area contributed by atoms with Crippen molar-refractivity contribution in [2.45, 2.75) is 27.2 Å². The molecule has 0 N–H and O–H groups in total. The van der Waals surface area contributed by atoms with Crippen molar-refractivity contribution in [1.82, 2.24) is 0 Å². The van der Waals surface area contributed by atoms with Crippen LogP contribution in [-0.2, 0) is 4.79 Å². The molecule has 0 spiro atoms. The van der Waals surface area contributed by atoms with Crippen molar-refractivity contribution in [3.8, 4) is 0 Å². The Bertz CT molecular complexity index is 202. The first-order valence-corrected chi connectivity index (χ1v) is 3.76. The molecule has 2 nitrogen and oxygen atoms in total. The van der Waals surface area contributed by atoms with Crippen molar-refractivity contribution in [3.63, 3.8) is 0 Å². The average Bonchev–Trinajstić information content (AvgIpc) is 1.99. The predicted octanol–water partition coefficient (Wildman–Crippen LogP) is 2.00. The summed E-state index contributed by atoms with van der Waals surface area (Å²) in [6.45, 7) is 5.58. The summed E-state index contributed by atoms with van der Waals surface area (Å²) in [7, 11) is 1.64. The zero-order chi connectivity index (χ0) is 8.85. The number of hydrogen-bond donors (Lipinski definition) is 0. The van der Waals surface area contributed by atoms with Crippen LogP contribution in [0.1, 0.15) is 27.2 Å². The van der Waals surface area contributed by atoms with Gasteiger partial charge in [-0.15, -0.1) is 0 Å². The third-order valence-electron chi connectivity index (χ3n) is 1.54. The van der Waals surface area contributed by atoms with E-state index in [0.29, 0.717) is 5.71 Å². The minimum atomic E-state index is 0.0281. The Hall–Kier alpha value is -0.920. The van der Waals surface area contributed by atoms with Crippen LogP contribution in [0.2, 0.25) is 0 Å². The Morgan fingerprint density at radius 2 is 2.00 bits per heavy atom. The lowest BCUT2D eigenvalue weighted by Crippen LogP contribution is -2.06. The van der Waals surface area contributed by atoms with E-state index in [1.165, 1.54) is 12.5 Å². The van der Waals surface area contributed by atoms with Gasteiger partial charge in [0.2, 0.25) is 0 Å². The first kappa shape index (κ1) is 10.1. The van der Waals surface area contributed by atoms with Crippen LogP contribution in [0.25, 0.3) is 0 Å². The van der Waals surface area contributed by atoms with E-state index < -0.39 is 0 Å². The standard InChI is InChI=1S/C9H15NO/c1-5-7(2)6-9(10-4)8(3)11/h6H,5H2,1-4H3/b7-6+,10-9?. The van der Waals surface area contributed by atoms with Crippen molar-refractivity contribution in [2.24, 2.45) is 4.99 Å². The van der Waals surface area contributed by atoms with Crippen molar-refractivity contribution in [3.05, 3.63) is 11.6 Å². The highest BCUT2D eigenvalue weighted by Gasteiger charge is 1.99. The Morgan fingerprint density at radius 1 is 1.45 bits per heavy atom. The molecule has 0 saturated heterocycles. The number of carbonyl (C=O) groups excluding carboxylic acids is 1. The molecule has 0 fully saturated rings. The van der Waals surface area contributed by atoms with Gasteiger partial charge < -0.3 is 0 Å². The second-order valence-electron chi connectivity index (χ2n) is 2.51. The van der Waals surface area contributed by atoms with E-state index in [1.54, 1.807) is 7.05 Å². The van der Waals surface area contributed by atoms with E-state index in [-0.39, 0.29) is 5.78 Å². The Kier molecular flexibility index (Phi) is 4.42. The SMILES string of the molecule is CC/C(C)=C/C(=NC)C(C)=O. The maximum Gasteiger partial charge on any atom is 0.177 e. The van der Waals surface area contributed by atoms with Crippen LogP contribution in [0.15, 0.2) is 16.6 Å². The lowest BCUT2D eigenvalue weighted by molar-refractivity contribution is -0.111. The first-order chi connectivity index (χ1) is 5.11. The fraction of sp³-hybridized carbons (Fsp3) is 0.556. The zero-order valence-corrected chi connectivity index (χ0v) is 7.64. The van der Waals surface area contributed by atoms with E-state index >= 15 is 0 Å². The molecule has 0 aliphatic rings. The van der Waals surface area contributed by atoms with Crippen LogP contribution >= 0.6 is 0 Å². The van der Waals surface area contributed by atoms with Gasteiger partial charge >= 0.3 is 0 Å². The van der Waals surface area contributed by atoms with E-state index in [0.717, 1.165) is 6.42 Å². The van der Waals surface area contributed by atoms with Crippen molar-refractivity contribution < 1.29 is 4.79 Å². The molecule has 0 aliphatic carbocycles. The minimum Gasteiger partial charge on any atom is -0.293 e. The highest BCUT2D eigenvalue weighted by Crippen LogP contribution is 1.98. The third-order valence-corrected chi connectivity index (χ3v) is 1.54. The molecule has 0 rings (SSSR count). The molecule has 0 heterocycles. The van der Waals surface area contributed by atoms with E-state index in [1.807, 2.05) is 13.0 Å². The van der Waals surface area contributed by atoms with Gasteiger partial charge in [-0.25, -0.2) is 0 Å². The number of aliphatic imine (C=N–C) groups is 1. The number of Topliss-reactive ketones (excluding diaryl/α,β-unsaturated/α-hetero) is 1. The zero-order valence-electron chi connectivity index (χ0n) is 7.64. The number of allylic oxidation sites excluding steroid dienone is 2. The van der Waals surface area contributed by atoms with Crippen LogP contribution in [0.4, 0.5) is 0 Å². The van der Waals surface area contributed by atoms with E-state index in [9.17, 15) is 4.79 Å². The highest BCUT2D eigenvalue weighted by molar-refractivity contribution is 6.43. The molecule has 0 aromatic heterocycles. The number of rotatable bonds is 3. The van der Waals surface area contributed by atoms with Gasteiger partial charge in [-0.3, -0.25) is 9.79 Å². The molecule has 2 heteroatoms. The van der Waals surface area contributed by atoms with Crippen LogP contribution in [0, 0.1) is 0 Å². The van der Waals surface area contributed by atoms with Crippen LogP contribution in [0.5, 0.6) is 0 Å². The maximum atomic E-state index is 10.9. The quantitative estimate of drug-likeness (QED) is 0.570. The molecular weight excluding hydrogens is 138 g/mol. The number of carbonyl (C=O) groups is 1. The van der Waals surface area contributed by atoms with Gasteiger partial charge in [0.1, 0.15) is 0 Å². The molecule has 0 unspecified atom stereocenters. The average molecular weight is 153 g/mol.